The number of carbonyl (C=O) groups is 1. The summed E-state index contributed by atoms with van der Waals surface area (Å²) in [7, 11) is 0. The lowest BCUT2D eigenvalue weighted by molar-refractivity contribution is 0.0630. The first-order valence-corrected chi connectivity index (χ1v) is 10.2. The van der Waals surface area contributed by atoms with Gasteiger partial charge in [-0.25, -0.2) is 0 Å². The highest BCUT2D eigenvalue weighted by molar-refractivity contribution is 6.06. The van der Waals surface area contributed by atoms with Crippen molar-refractivity contribution in [1.82, 2.24) is 14.8 Å². The minimum Gasteiger partial charge on any atom is -0.336 e. The SMILES string of the molecule is O=C(c1cc(C2CC2)nc2ccccc12)N1CCN(Cc2ccccc2)CC1. The summed E-state index contributed by atoms with van der Waals surface area (Å²) < 4.78 is 0. The first kappa shape index (κ1) is 17.4. The zero-order valence-electron chi connectivity index (χ0n) is 16.1. The van der Waals surface area contributed by atoms with Crippen LogP contribution in [0.25, 0.3) is 10.9 Å². The molecule has 0 N–H and O–H groups in total. The predicted octanol–water partition coefficient (Wildman–Crippen LogP) is 4.07. The van der Waals surface area contributed by atoms with E-state index in [-0.39, 0.29) is 5.91 Å². The summed E-state index contributed by atoms with van der Waals surface area (Å²) in [5.41, 5.74) is 4.18. The maximum absolute atomic E-state index is 13.4. The van der Waals surface area contributed by atoms with Crippen molar-refractivity contribution in [1.29, 1.82) is 0 Å². The Hall–Kier alpha value is -2.72. The Labute approximate surface area is 165 Å². The maximum Gasteiger partial charge on any atom is 0.254 e. The lowest BCUT2D eigenvalue weighted by Gasteiger charge is -2.35. The van der Waals surface area contributed by atoms with Gasteiger partial charge >= 0.3 is 0 Å². The third-order valence-electron chi connectivity index (χ3n) is 5.87. The van der Waals surface area contributed by atoms with Crippen LogP contribution in [0.5, 0.6) is 0 Å². The van der Waals surface area contributed by atoms with Gasteiger partial charge in [-0.15, -0.1) is 0 Å². The zero-order valence-corrected chi connectivity index (χ0v) is 16.1. The van der Waals surface area contributed by atoms with E-state index in [4.69, 9.17) is 4.98 Å². The average Bonchev–Trinajstić information content (AvgIpc) is 3.59. The van der Waals surface area contributed by atoms with Crippen LogP contribution in [0.4, 0.5) is 0 Å². The summed E-state index contributed by atoms with van der Waals surface area (Å²) in [5, 5.41) is 0.976. The molecule has 1 saturated heterocycles. The van der Waals surface area contributed by atoms with Gasteiger partial charge in [-0.3, -0.25) is 14.7 Å². The number of nitrogens with zero attached hydrogens (tertiary/aromatic N) is 3. The third-order valence-corrected chi connectivity index (χ3v) is 5.87. The van der Waals surface area contributed by atoms with Gasteiger partial charge in [-0.1, -0.05) is 48.5 Å². The molecule has 4 heteroatoms. The van der Waals surface area contributed by atoms with Crippen LogP contribution < -0.4 is 0 Å². The molecule has 1 aliphatic heterocycles. The Balaban J connectivity index is 1.33. The lowest BCUT2D eigenvalue weighted by Crippen LogP contribution is -2.48. The molecular weight excluding hydrogens is 346 g/mol. The number of fused-ring (bicyclic) bond motifs is 1. The van der Waals surface area contributed by atoms with E-state index in [1.54, 1.807) is 0 Å². The van der Waals surface area contributed by atoms with Crippen LogP contribution in [0.2, 0.25) is 0 Å². The van der Waals surface area contributed by atoms with Crippen molar-refractivity contribution in [3.05, 3.63) is 77.5 Å². The number of carbonyl (C=O) groups excluding carboxylic acids is 1. The molecule has 5 rings (SSSR count). The van der Waals surface area contributed by atoms with Crippen molar-refractivity contribution in [2.45, 2.75) is 25.3 Å². The van der Waals surface area contributed by atoms with Gasteiger partial charge in [0, 0.05) is 49.7 Å². The van der Waals surface area contributed by atoms with Crippen molar-refractivity contribution >= 4 is 16.8 Å². The van der Waals surface area contributed by atoms with Crippen LogP contribution in [0, 0.1) is 0 Å². The van der Waals surface area contributed by atoms with Gasteiger partial charge in [0.1, 0.15) is 0 Å². The first-order valence-electron chi connectivity index (χ1n) is 10.2. The van der Waals surface area contributed by atoms with E-state index in [0.717, 1.165) is 54.9 Å². The van der Waals surface area contributed by atoms with Crippen molar-refractivity contribution in [2.24, 2.45) is 0 Å². The fourth-order valence-corrected chi connectivity index (χ4v) is 4.08. The monoisotopic (exact) mass is 371 g/mol. The Morgan fingerprint density at radius 3 is 2.39 bits per heavy atom. The fourth-order valence-electron chi connectivity index (χ4n) is 4.08. The largest absolute Gasteiger partial charge is 0.336 e. The van der Waals surface area contributed by atoms with E-state index in [1.165, 1.54) is 18.4 Å². The molecule has 2 aliphatic rings. The highest BCUT2D eigenvalue weighted by Crippen LogP contribution is 2.40. The fraction of sp³-hybridized carbons (Fsp3) is 0.333. The minimum absolute atomic E-state index is 0.153. The number of pyridine rings is 1. The van der Waals surface area contributed by atoms with Crippen molar-refractivity contribution in [2.75, 3.05) is 26.2 Å². The Morgan fingerprint density at radius 1 is 0.929 bits per heavy atom. The topological polar surface area (TPSA) is 36.4 Å². The normalized spacial score (nSPS) is 17.8. The van der Waals surface area contributed by atoms with Gasteiger partial charge in [0.25, 0.3) is 5.91 Å². The molecule has 28 heavy (non-hydrogen) atoms. The summed E-state index contributed by atoms with van der Waals surface area (Å²) in [6.07, 6.45) is 2.38. The van der Waals surface area contributed by atoms with Crippen molar-refractivity contribution < 1.29 is 4.79 Å². The van der Waals surface area contributed by atoms with Crippen LogP contribution in [-0.4, -0.2) is 46.9 Å². The van der Waals surface area contributed by atoms with Crippen molar-refractivity contribution in [3.8, 4) is 0 Å². The number of hydrogen-bond acceptors (Lipinski definition) is 3. The summed E-state index contributed by atoms with van der Waals surface area (Å²) >= 11 is 0. The first-order chi connectivity index (χ1) is 13.8. The van der Waals surface area contributed by atoms with Gasteiger partial charge in [0.05, 0.1) is 11.1 Å². The second-order valence-corrected chi connectivity index (χ2v) is 7.94. The molecule has 2 aromatic carbocycles. The molecule has 1 aliphatic carbocycles. The Morgan fingerprint density at radius 2 is 1.64 bits per heavy atom. The van der Waals surface area contributed by atoms with Crippen LogP contribution >= 0.6 is 0 Å². The van der Waals surface area contributed by atoms with Crippen LogP contribution in [-0.2, 0) is 6.54 Å². The average molecular weight is 371 g/mol. The smallest absolute Gasteiger partial charge is 0.254 e. The van der Waals surface area contributed by atoms with E-state index in [0.29, 0.717) is 5.92 Å². The van der Waals surface area contributed by atoms with Gasteiger partial charge in [-0.2, -0.15) is 0 Å². The van der Waals surface area contributed by atoms with E-state index >= 15 is 0 Å². The molecule has 0 unspecified atom stereocenters. The molecular formula is C24H25N3O. The van der Waals surface area contributed by atoms with Gasteiger partial charge in [-0.05, 0) is 30.5 Å². The molecule has 4 nitrogen and oxygen atoms in total. The molecule has 0 radical (unpaired) electrons. The van der Waals surface area contributed by atoms with Crippen LogP contribution in [0.15, 0.2) is 60.7 Å². The standard InChI is InChI=1S/C24H25N3O/c28-24(27-14-12-26(13-15-27)17-18-6-2-1-3-7-18)21-16-23(19-10-11-19)25-22-9-5-4-8-20(21)22/h1-9,16,19H,10-15,17H2. The molecule has 1 saturated carbocycles. The molecule has 2 heterocycles. The second-order valence-electron chi connectivity index (χ2n) is 7.94. The molecule has 2 fully saturated rings. The number of amides is 1. The van der Waals surface area contributed by atoms with Gasteiger partial charge in [0.2, 0.25) is 0 Å². The maximum atomic E-state index is 13.4. The van der Waals surface area contributed by atoms with E-state index in [2.05, 4.69) is 41.3 Å². The molecule has 1 amide bonds. The summed E-state index contributed by atoms with van der Waals surface area (Å²) in [4.78, 5) is 22.6. The highest BCUT2D eigenvalue weighted by atomic mass is 16.2. The molecule has 0 bridgehead atoms. The van der Waals surface area contributed by atoms with Crippen LogP contribution in [0.3, 0.4) is 0 Å². The number of rotatable bonds is 4. The van der Waals surface area contributed by atoms with E-state index in [9.17, 15) is 4.79 Å². The number of hydrogen-bond donors (Lipinski definition) is 0. The Bertz CT molecular complexity index is 989. The third kappa shape index (κ3) is 3.52. The van der Waals surface area contributed by atoms with Gasteiger partial charge in [0.15, 0.2) is 0 Å². The Kier molecular flexibility index (Phi) is 4.57. The summed E-state index contributed by atoms with van der Waals surface area (Å²) in [6, 6.07) is 20.7. The molecule has 1 aromatic heterocycles. The molecule has 0 atom stereocenters. The summed E-state index contributed by atoms with van der Waals surface area (Å²) in [5.74, 6) is 0.693. The summed E-state index contributed by atoms with van der Waals surface area (Å²) in [6.45, 7) is 4.34. The number of aromatic nitrogens is 1. The predicted molar refractivity (Wildman–Crippen MR) is 111 cm³/mol. The number of para-hydroxylation sites is 1. The highest BCUT2D eigenvalue weighted by Gasteiger charge is 2.29. The van der Waals surface area contributed by atoms with Crippen molar-refractivity contribution in [3.63, 3.8) is 0 Å². The van der Waals surface area contributed by atoms with E-state index in [1.807, 2.05) is 29.2 Å². The zero-order chi connectivity index (χ0) is 18.9. The minimum atomic E-state index is 0.153. The van der Waals surface area contributed by atoms with Crippen LogP contribution in [0.1, 0.15) is 40.4 Å². The molecule has 0 spiro atoms. The number of benzene rings is 2. The number of piperazine rings is 1. The van der Waals surface area contributed by atoms with Gasteiger partial charge < -0.3 is 4.90 Å². The molecule has 3 aromatic rings. The second kappa shape index (κ2) is 7.36. The quantitative estimate of drug-likeness (QED) is 0.694. The molecule has 142 valence electrons. The van der Waals surface area contributed by atoms with E-state index < -0.39 is 0 Å². The lowest BCUT2D eigenvalue weighted by atomic mass is 10.0.